The molecule has 0 aliphatic rings. The SMILES string of the molecule is NC(=O)c1cc2cc(Cl)ncc2[nH]1.NC(=O)c1cccnc1. The van der Waals surface area contributed by atoms with Crippen LogP contribution in [0.15, 0.2) is 42.9 Å². The Morgan fingerprint density at radius 2 is 1.91 bits per heavy atom. The Hall–Kier alpha value is -2.93. The third-order valence-electron chi connectivity index (χ3n) is 2.68. The summed E-state index contributed by atoms with van der Waals surface area (Å²) in [4.78, 5) is 31.6. The number of fused-ring (bicyclic) bond motifs is 1. The Labute approximate surface area is 130 Å². The molecule has 0 radical (unpaired) electrons. The lowest BCUT2D eigenvalue weighted by Gasteiger charge is -1.88. The van der Waals surface area contributed by atoms with E-state index in [1.54, 1.807) is 36.7 Å². The van der Waals surface area contributed by atoms with Gasteiger partial charge in [0.2, 0.25) is 5.91 Å². The normalized spacial score (nSPS) is 9.86. The number of hydrogen-bond donors (Lipinski definition) is 3. The van der Waals surface area contributed by atoms with E-state index in [2.05, 4.69) is 15.0 Å². The summed E-state index contributed by atoms with van der Waals surface area (Å²) in [6, 6.07) is 6.60. The molecule has 0 saturated heterocycles. The van der Waals surface area contributed by atoms with Crippen LogP contribution < -0.4 is 11.5 Å². The number of aromatic nitrogens is 3. The highest BCUT2D eigenvalue weighted by Gasteiger charge is 2.05. The minimum Gasteiger partial charge on any atom is -0.366 e. The van der Waals surface area contributed by atoms with Crippen molar-refractivity contribution < 1.29 is 9.59 Å². The van der Waals surface area contributed by atoms with Crippen molar-refractivity contribution in [1.82, 2.24) is 15.0 Å². The van der Waals surface area contributed by atoms with Crippen LogP contribution >= 0.6 is 11.6 Å². The van der Waals surface area contributed by atoms with Crippen molar-refractivity contribution in [3.63, 3.8) is 0 Å². The number of H-pyrrole nitrogens is 1. The van der Waals surface area contributed by atoms with E-state index in [0.29, 0.717) is 16.4 Å². The summed E-state index contributed by atoms with van der Waals surface area (Å²) in [5.74, 6) is -0.935. The standard InChI is InChI=1S/C8H6ClN3O.C6H6N2O/c9-7-2-4-1-5(8(10)13)12-6(4)3-11-7;7-6(9)5-2-1-3-8-4-5/h1-3,12H,(H2,10,13);1-4H,(H2,7,9). The maximum atomic E-state index is 10.8. The second-order valence-corrected chi connectivity index (χ2v) is 4.63. The summed E-state index contributed by atoms with van der Waals surface area (Å²) in [5, 5.41) is 1.22. The Morgan fingerprint density at radius 3 is 2.45 bits per heavy atom. The lowest BCUT2D eigenvalue weighted by atomic mass is 10.3. The Balaban J connectivity index is 0.000000172. The van der Waals surface area contributed by atoms with Crippen molar-refractivity contribution in [2.45, 2.75) is 0 Å². The smallest absolute Gasteiger partial charge is 0.265 e. The van der Waals surface area contributed by atoms with Gasteiger partial charge >= 0.3 is 0 Å². The van der Waals surface area contributed by atoms with Gasteiger partial charge < -0.3 is 16.5 Å². The number of nitrogens with one attached hydrogen (secondary N) is 1. The van der Waals surface area contributed by atoms with Gasteiger partial charge in [-0.1, -0.05) is 11.6 Å². The van der Waals surface area contributed by atoms with Crippen LogP contribution in [0.5, 0.6) is 0 Å². The number of carbonyl (C=O) groups is 2. The van der Waals surface area contributed by atoms with Crippen LogP contribution in [0.2, 0.25) is 5.15 Å². The molecule has 22 heavy (non-hydrogen) atoms. The predicted octanol–water partition coefficient (Wildman–Crippen LogP) is 1.50. The number of pyridine rings is 2. The van der Waals surface area contributed by atoms with Gasteiger partial charge in [0, 0.05) is 17.8 Å². The number of rotatable bonds is 2. The van der Waals surface area contributed by atoms with Gasteiger partial charge in [-0.2, -0.15) is 0 Å². The molecule has 0 atom stereocenters. The number of aromatic amines is 1. The van der Waals surface area contributed by atoms with E-state index in [0.717, 1.165) is 10.9 Å². The number of nitrogens with two attached hydrogens (primary N) is 2. The van der Waals surface area contributed by atoms with E-state index in [1.165, 1.54) is 6.20 Å². The molecule has 0 unspecified atom stereocenters. The summed E-state index contributed by atoms with van der Waals surface area (Å²) in [6.45, 7) is 0. The lowest BCUT2D eigenvalue weighted by Crippen LogP contribution is -2.10. The topological polar surface area (TPSA) is 128 Å². The Kier molecular flexibility index (Phi) is 4.70. The number of amides is 2. The second-order valence-electron chi connectivity index (χ2n) is 4.25. The van der Waals surface area contributed by atoms with Gasteiger partial charge in [0.1, 0.15) is 10.8 Å². The van der Waals surface area contributed by atoms with Crippen LogP contribution in [0.3, 0.4) is 0 Å². The third-order valence-corrected chi connectivity index (χ3v) is 2.89. The number of primary amides is 2. The molecular weight excluding hydrogens is 306 g/mol. The summed E-state index contributed by atoms with van der Waals surface area (Å²) in [7, 11) is 0. The van der Waals surface area contributed by atoms with Crippen molar-refractivity contribution in [2.75, 3.05) is 0 Å². The molecule has 0 aromatic carbocycles. The minimum absolute atomic E-state index is 0.360. The van der Waals surface area contributed by atoms with E-state index in [4.69, 9.17) is 23.1 Å². The zero-order chi connectivity index (χ0) is 16.1. The van der Waals surface area contributed by atoms with Crippen molar-refractivity contribution in [3.8, 4) is 0 Å². The summed E-state index contributed by atoms with van der Waals surface area (Å²) in [6.07, 6.45) is 4.58. The largest absolute Gasteiger partial charge is 0.366 e. The Morgan fingerprint density at radius 1 is 1.14 bits per heavy atom. The van der Waals surface area contributed by atoms with Gasteiger partial charge in [0.05, 0.1) is 17.3 Å². The number of carbonyl (C=O) groups excluding carboxylic acids is 2. The molecule has 112 valence electrons. The lowest BCUT2D eigenvalue weighted by molar-refractivity contribution is 0.0989. The van der Waals surface area contributed by atoms with Gasteiger partial charge in [-0.25, -0.2) is 4.98 Å². The Bertz CT molecular complexity index is 816. The highest BCUT2D eigenvalue weighted by Crippen LogP contribution is 2.17. The van der Waals surface area contributed by atoms with Crippen molar-refractivity contribution in [1.29, 1.82) is 0 Å². The molecule has 3 aromatic heterocycles. The van der Waals surface area contributed by atoms with E-state index < -0.39 is 11.8 Å². The molecular formula is C14H12ClN5O2. The predicted molar refractivity (Wildman–Crippen MR) is 82.4 cm³/mol. The first-order valence-electron chi connectivity index (χ1n) is 6.11. The number of halogens is 1. The molecule has 7 nitrogen and oxygen atoms in total. The first kappa shape index (κ1) is 15.5. The first-order valence-corrected chi connectivity index (χ1v) is 6.49. The zero-order valence-electron chi connectivity index (χ0n) is 11.3. The van der Waals surface area contributed by atoms with Gasteiger partial charge in [-0.15, -0.1) is 0 Å². The maximum Gasteiger partial charge on any atom is 0.265 e. The fraction of sp³-hybridized carbons (Fsp3) is 0. The molecule has 8 heteroatoms. The van der Waals surface area contributed by atoms with Crippen LogP contribution in [0, 0.1) is 0 Å². The average molecular weight is 318 g/mol. The highest BCUT2D eigenvalue weighted by atomic mass is 35.5. The van der Waals surface area contributed by atoms with E-state index in [9.17, 15) is 9.59 Å². The molecule has 3 rings (SSSR count). The fourth-order valence-corrected chi connectivity index (χ4v) is 1.81. The van der Waals surface area contributed by atoms with Gasteiger partial charge in [-0.3, -0.25) is 14.6 Å². The summed E-state index contributed by atoms with van der Waals surface area (Å²) in [5.41, 5.74) is 11.6. The highest BCUT2D eigenvalue weighted by molar-refractivity contribution is 6.30. The van der Waals surface area contributed by atoms with Crippen LogP contribution in [0.25, 0.3) is 10.9 Å². The van der Waals surface area contributed by atoms with Crippen LogP contribution in [0.1, 0.15) is 20.8 Å². The third kappa shape index (κ3) is 3.80. The van der Waals surface area contributed by atoms with Crippen molar-refractivity contribution in [3.05, 3.63) is 59.3 Å². The van der Waals surface area contributed by atoms with Gasteiger partial charge in [-0.05, 0) is 24.3 Å². The molecule has 3 heterocycles. The molecule has 0 aliphatic carbocycles. The molecule has 0 spiro atoms. The molecule has 0 fully saturated rings. The van der Waals surface area contributed by atoms with Crippen LogP contribution in [0.4, 0.5) is 0 Å². The molecule has 3 aromatic rings. The van der Waals surface area contributed by atoms with Crippen molar-refractivity contribution >= 4 is 34.3 Å². The van der Waals surface area contributed by atoms with Gasteiger partial charge in [0.15, 0.2) is 0 Å². The van der Waals surface area contributed by atoms with E-state index in [-0.39, 0.29) is 0 Å². The van der Waals surface area contributed by atoms with E-state index in [1.807, 2.05) is 0 Å². The average Bonchev–Trinajstić information content (AvgIpc) is 2.92. The minimum atomic E-state index is -0.493. The van der Waals surface area contributed by atoms with Gasteiger partial charge in [0.25, 0.3) is 5.91 Å². The van der Waals surface area contributed by atoms with Crippen molar-refractivity contribution in [2.24, 2.45) is 11.5 Å². The van der Waals surface area contributed by atoms with Crippen LogP contribution in [-0.2, 0) is 0 Å². The van der Waals surface area contributed by atoms with E-state index >= 15 is 0 Å². The monoisotopic (exact) mass is 317 g/mol. The quantitative estimate of drug-likeness (QED) is 0.618. The fourth-order valence-electron chi connectivity index (χ4n) is 1.65. The molecule has 2 amide bonds. The first-order chi connectivity index (χ1) is 10.5. The molecule has 0 saturated carbocycles. The molecule has 0 bridgehead atoms. The maximum absolute atomic E-state index is 10.8. The number of nitrogens with zero attached hydrogens (tertiary/aromatic N) is 2. The summed E-state index contributed by atoms with van der Waals surface area (Å²) < 4.78 is 0. The van der Waals surface area contributed by atoms with Crippen LogP contribution in [-0.4, -0.2) is 26.8 Å². The molecule has 5 N–H and O–H groups in total. The zero-order valence-corrected chi connectivity index (χ0v) is 12.0. The summed E-state index contributed by atoms with van der Waals surface area (Å²) >= 11 is 5.67. The second kappa shape index (κ2) is 6.68. The molecule has 0 aliphatic heterocycles. The number of hydrogen-bond acceptors (Lipinski definition) is 4.